The van der Waals surface area contributed by atoms with Crippen molar-refractivity contribution < 1.29 is 0 Å². The monoisotopic (exact) mass is 296 g/mol. The van der Waals surface area contributed by atoms with Gasteiger partial charge in [0.25, 0.3) is 0 Å². The predicted molar refractivity (Wildman–Crippen MR) is 77.5 cm³/mol. The molecule has 94 valence electrons. The van der Waals surface area contributed by atoms with Gasteiger partial charge in [0, 0.05) is 29.3 Å². The normalized spacial score (nSPS) is 24.4. The second-order valence-corrected chi connectivity index (χ2v) is 6.00. The molecule has 0 amide bonds. The number of nitrogens with one attached hydrogen (secondary N) is 1. The van der Waals surface area contributed by atoms with E-state index < -0.39 is 0 Å². The maximum absolute atomic E-state index is 3.66. The van der Waals surface area contributed by atoms with Gasteiger partial charge >= 0.3 is 0 Å². The Morgan fingerprint density at radius 2 is 2.18 bits per heavy atom. The molecule has 2 rings (SSSR count). The molecule has 2 atom stereocenters. The lowest BCUT2D eigenvalue weighted by atomic mass is 10.1. The molecular weight excluding hydrogens is 276 g/mol. The lowest BCUT2D eigenvalue weighted by Crippen LogP contribution is -2.26. The van der Waals surface area contributed by atoms with Crippen LogP contribution in [0.4, 0.5) is 5.69 Å². The third-order valence-electron chi connectivity index (χ3n) is 3.52. The standard InChI is InChI=1S/C14H21BrN2/c1-10-6-11(2)17(9-10)13-5-4-12(8-16-3)14(15)7-13/h4-5,7,10-11,16H,6,8-9H2,1-3H3. The third kappa shape index (κ3) is 2.83. The van der Waals surface area contributed by atoms with Crippen LogP contribution in [0.3, 0.4) is 0 Å². The SMILES string of the molecule is CNCc1ccc(N2CC(C)CC2C)cc1Br. The topological polar surface area (TPSA) is 15.3 Å². The molecule has 17 heavy (non-hydrogen) atoms. The second-order valence-electron chi connectivity index (χ2n) is 5.15. The fraction of sp³-hybridized carbons (Fsp3) is 0.571. The molecule has 0 saturated carbocycles. The fourth-order valence-electron chi connectivity index (χ4n) is 2.71. The molecule has 0 spiro atoms. The van der Waals surface area contributed by atoms with Gasteiger partial charge in [0.15, 0.2) is 0 Å². The number of hydrogen-bond donors (Lipinski definition) is 1. The van der Waals surface area contributed by atoms with Crippen molar-refractivity contribution in [2.45, 2.75) is 32.9 Å². The van der Waals surface area contributed by atoms with Crippen LogP contribution in [0.25, 0.3) is 0 Å². The minimum absolute atomic E-state index is 0.659. The Labute approximate surface area is 113 Å². The van der Waals surface area contributed by atoms with Gasteiger partial charge in [-0.15, -0.1) is 0 Å². The summed E-state index contributed by atoms with van der Waals surface area (Å²) in [6.45, 7) is 6.74. The molecule has 2 nitrogen and oxygen atoms in total. The summed E-state index contributed by atoms with van der Waals surface area (Å²) in [4.78, 5) is 2.51. The number of anilines is 1. The van der Waals surface area contributed by atoms with E-state index in [0.29, 0.717) is 6.04 Å². The van der Waals surface area contributed by atoms with Crippen LogP contribution in [0.5, 0.6) is 0 Å². The Hall–Kier alpha value is -0.540. The van der Waals surface area contributed by atoms with E-state index in [0.717, 1.165) is 12.5 Å². The lowest BCUT2D eigenvalue weighted by molar-refractivity contribution is 0.625. The van der Waals surface area contributed by atoms with E-state index in [-0.39, 0.29) is 0 Å². The third-order valence-corrected chi connectivity index (χ3v) is 4.26. The van der Waals surface area contributed by atoms with E-state index in [1.807, 2.05) is 7.05 Å². The number of nitrogens with zero attached hydrogens (tertiary/aromatic N) is 1. The molecule has 0 aliphatic carbocycles. The minimum atomic E-state index is 0.659. The molecule has 0 radical (unpaired) electrons. The van der Waals surface area contributed by atoms with E-state index in [2.05, 4.69) is 58.2 Å². The number of hydrogen-bond acceptors (Lipinski definition) is 2. The van der Waals surface area contributed by atoms with Crippen LogP contribution < -0.4 is 10.2 Å². The minimum Gasteiger partial charge on any atom is -0.369 e. The zero-order valence-electron chi connectivity index (χ0n) is 10.8. The number of benzene rings is 1. The van der Waals surface area contributed by atoms with E-state index >= 15 is 0 Å². The summed E-state index contributed by atoms with van der Waals surface area (Å²) < 4.78 is 1.20. The summed E-state index contributed by atoms with van der Waals surface area (Å²) >= 11 is 3.66. The highest BCUT2D eigenvalue weighted by molar-refractivity contribution is 9.10. The lowest BCUT2D eigenvalue weighted by Gasteiger charge is -2.24. The Balaban J connectivity index is 2.20. The molecule has 1 saturated heterocycles. The Bertz CT molecular complexity index is 392. The van der Waals surface area contributed by atoms with Gasteiger partial charge in [-0.1, -0.05) is 28.9 Å². The van der Waals surface area contributed by atoms with Crippen LogP contribution in [0.15, 0.2) is 22.7 Å². The molecule has 1 aromatic carbocycles. The molecule has 2 unspecified atom stereocenters. The van der Waals surface area contributed by atoms with Crippen molar-refractivity contribution in [1.82, 2.24) is 5.32 Å². The summed E-state index contributed by atoms with van der Waals surface area (Å²) in [5.41, 5.74) is 2.66. The van der Waals surface area contributed by atoms with Crippen molar-refractivity contribution in [1.29, 1.82) is 0 Å². The Morgan fingerprint density at radius 3 is 2.71 bits per heavy atom. The highest BCUT2D eigenvalue weighted by Gasteiger charge is 2.26. The average molecular weight is 297 g/mol. The van der Waals surface area contributed by atoms with Crippen LogP contribution in [-0.2, 0) is 6.54 Å². The van der Waals surface area contributed by atoms with Gasteiger partial charge in [0.2, 0.25) is 0 Å². The first kappa shape index (κ1) is 12.9. The van der Waals surface area contributed by atoms with Gasteiger partial charge in [0.1, 0.15) is 0 Å². The van der Waals surface area contributed by atoms with Gasteiger partial charge < -0.3 is 10.2 Å². The summed E-state index contributed by atoms with van der Waals surface area (Å²) in [6, 6.07) is 7.37. The first-order valence-corrected chi connectivity index (χ1v) is 7.10. The van der Waals surface area contributed by atoms with E-state index in [9.17, 15) is 0 Å². The van der Waals surface area contributed by atoms with E-state index in [1.165, 1.54) is 28.7 Å². The predicted octanol–water partition coefficient (Wildman–Crippen LogP) is 3.40. The van der Waals surface area contributed by atoms with Gasteiger partial charge in [0.05, 0.1) is 0 Å². The average Bonchev–Trinajstić information content (AvgIpc) is 2.61. The largest absolute Gasteiger partial charge is 0.369 e. The summed E-state index contributed by atoms with van der Waals surface area (Å²) in [7, 11) is 1.98. The Kier molecular flexibility index (Phi) is 4.10. The molecule has 1 aliphatic heterocycles. The van der Waals surface area contributed by atoms with Crippen molar-refractivity contribution in [3.8, 4) is 0 Å². The quantitative estimate of drug-likeness (QED) is 0.920. The second kappa shape index (κ2) is 5.40. The van der Waals surface area contributed by atoms with Crippen molar-refractivity contribution >= 4 is 21.6 Å². The summed E-state index contributed by atoms with van der Waals surface area (Å²) in [5, 5.41) is 3.19. The molecule has 1 aliphatic rings. The van der Waals surface area contributed by atoms with Crippen LogP contribution in [0, 0.1) is 5.92 Å². The highest BCUT2D eigenvalue weighted by Crippen LogP contribution is 2.31. The summed E-state index contributed by atoms with van der Waals surface area (Å²) in [5.74, 6) is 0.806. The zero-order valence-corrected chi connectivity index (χ0v) is 12.4. The summed E-state index contributed by atoms with van der Waals surface area (Å²) in [6.07, 6.45) is 1.30. The van der Waals surface area contributed by atoms with Crippen LogP contribution in [-0.4, -0.2) is 19.6 Å². The highest BCUT2D eigenvalue weighted by atomic mass is 79.9. The van der Waals surface area contributed by atoms with Gasteiger partial charge in [-0.05, 0) is 44.0 Å². The van der Waals surface area contributed by atoms with Crippen molar-refractivity contribution in [2.75, 3.05) is 18.5 Å². The van der Waals surface area contributed by atoms with Crippen molar-refractivity contribution in [3.63, 3.8) is 0 Å². The molecule has 1 aromatic rings. The first-order chi connectivity index (χ1) is 8.11. The zero-order chi connectivity index (χ0) is 12.4. The fourth-order valence-corrected chi connectivity index (χ4v) is 3.22. The van der Waals surface area contributed by atoms with Crippen LogP contribution in [0.1, 0.15) is 25.8 Å². The molecule has 1 fully saturated rings. The van der Waals surface area contributed by atoms with Crippen LogP contribution in [0.2, 0.25) is 0 Å². The molecular formula is C14H21BrN2. The Morgan fingerprint density at radius 1 is 1.41 bits per heavy atom. The first-order valence-electron chi connectivity index (χ1n) is 6.31. The number of rotatable bonds is 3. The molecule has 0 bridgehead atoms. The van der Waals surface area contributed by atoms with Gasteiger partial charge in [-0.2, -0.15) is 0 Å². The van der Waals surface area contributed by atoms with Crippen molar-refractivity contribution in [3.05, 3.63) is 28.2 Å². The smallest absolute Gasteiger partial charge is 0.0380 e. The molecule has 0 aromatic heterocycles. The van der Waals surface area contributed by atoms with E-state index in [4.69, 9.17) is 0 Å². The molecule has 1 N–H and O–H groups in total. The van der Waals surface area contributed by atoms with E-state index in [1.54, 1.807) is 0 Å². The van der Waals surface area contributed by atoms with Gasteiger partial charge in [-0.3, -0.25) is 0 Å². The molecule has 3 heteroatoms. The maximum atomic E-state index is 3.66. The molecule has 1 heterocycles. The van der Waals surface area contributed by atoms with Crippen LogP contribution >= 0.6 is 15.9 Å². The van der Waals surface area contributed by atoms with Crippen molar-refractivity contribution in [2.24, 2.45) is 5.92 Å². The number of halogens is 1. The van der Waals surface area contributed by atoms with Gasteiger partial charge in [-0.25, -0.2) is 0 Å². The maximum Gasteiger partial charge on any atom is 0.0380 e.